The second kappa shape index (κ2) is 5.08. The summed E-state index contributed by atoms with van der Waals surface area (Å²) >= 11 is 0. The van der Waals surface area contributed by atoms with E-state index in [2.05, 4.69) is 31.1 Å². The number of rotatable bonds is 2. The lowest BCUT2D eigenvalue weighted by molar-refractivity contribution is -0.145. The molecule has 0 aliphatic rings. The smallest absolute Gasteiger partial charge is 0.306 e. The molecular weight excluding hydrogens is 180 g/mol. The number of esters is 1. The summed E-state index contributed by atoms with van der Waals surface area (Å²) in [6, 6.07) is 0. The Morgan fingerprint density at radius 2 is 2.00 bits per heavy atom. The van der Waals surface area contributed by atoms with E-state index in [0.29, 0.717) is 6.42 Å². The summed E-state index contributed by atoms with van der Waals surface area (Å²) in [6.07, 6.45) is 0.151. The molecule has 0 aliphatic heterocycles. The number of hydrogen-bond acceptors (Lipinski definition) is 2. The monoisotopic (exact) mass is 198 g/mol. The molecule has 0 saturated heterocycles. The van der Waals surface area contributed by atoms with E-state index in [0.717, 1.165) is 0 Å². The Balaban J connectivity index is 4.05. The minimum Gasteiger partial charge on any atom is -0.449 e. The molecule has 0 fully saturated rings. The Labute approximate surface area is 81.7 Å². The predicted octanol–water partition coefficient (Wildman–Crippen LogP) is 2.21. The van der Waals surface area contributed by atoms with Gasteiger partial charge < -0.3 is 4.74 Å². The Morgan fingerprint density at radius 1 is 1.46 bits per heavy atom. The fraction of sp³-hybridized carbons (Fsp3) is 0.700. The van der Waals surface area contributed by atoms with Gasteiger partial charge in [-0.3, -0.25) is 4.79 Å². The maximum atomic E-state index is 10.9. The maximum absolute atomic E-state index is 10.9. The molecule has 0 saturated carbocycles. The summed E-state index contributed by atoms with van der Waals surface area (Å²) in [5.74, 6) is 2.77. The zero-order chi connectivity index (χ0) is 10.5. The molecule has 0 amide bonds. The molecule has 0 aromatic carbocycles. The first kappa shape index (κ1) is 12.2. The first-order valence-electron chi connectivity index (χ1n) is 4.57. The summed E-state index contributed by atoms with van der Waals surface area (Å²) in [6.45, 7) is 10.1. The van der Waals surface area contributed by atoms with Crippen LogP contribution in [0.2, 0.25) is 19.6 Å². The second-order valence-electron chi connectivity index (χ2n) is 4.00. The Bertz CT molecular complexity index is 230. The van der Waals surface area contributed by atoms with Crippen LogP contribution in [0.1, 0.15) is 20.3 Å². The van der Waals surface area contributed by atoms with Gasteiger partial charge in [0.2, 0.25) is 0 Å². The van der Waals surface area contributed by atoms with Crippen LogP contribution in [0.25, 0.3) is 0 Å². The van der Waals surface area contributed by atoms with E-state index in [1.165, 1.54) is 0 Å². The van der Waals surface area contributed by atoms with Gasteiger partial charge in [0.1, 0.15) is 8.07 Å². The molecule has 1 atom stereocenters. The van der Waals surface area contributed by atoms with Crippen LogP contribution in [-0.2, 0) is 9.53 Å². The molecule has 0 rings (SSSR count). The Morgan fingerprint density at radius 3 is 2.38 bits per heavy atom. The summed E-state index contributed by atoms with van der Waals surface area (Å²) in [4.78, 5) is 10.9. The largest absolute Gasteiger partial charge is 0.449 e. The van der Waals surface area contributed by atoms with Gasteiger partial charge in [-0.05, 0) is 6.92 Å². The van der Waals surface area contributed by atoms with Crippen molar-refractivity contribution in [2.75, 3.05) is 0 Å². The molecule has 0 spiro atoms. The highest BCUT2D eigenvalue weighted by Crippen LogP contribution is 1.98. The standard InChI is InChI=1S/C10H18O2Si/c1-6-10(11)12-9(2)7-8-13(3,4)5/h9H,6H2,1-5H3. The van der Waals surface area contributed by atoms with Crippen LogP contribution in [0.4, 0.5) is 0 Å². The SMILES string of the molecule is CCC(=O)OC(C)C#C[Si](C)(C)C. The summed E-state index contributed by atoms with van der Waals surface area (Å²) in [7, 11) is -1.33. The van der Waals surface area contributed by atoms with Crippen LogP contribution in [-0.4, -0.2) is 20.1 Å². The average molecular weight is 198 g/mol. The van der Waals surface area contributed by atoms with Crippen molar-refractivity contribution in [1.82, 2.24) is 0 Å². The van der Waals surface area contributed by atoms with E-state index < -0.39 is 8.07 Å². The predicted molar refractivity (Wildman–Crippen MR) is 57.0 cm³/mol. The lowest BCUT2D eigenvalue weighted by Gasteiger charge is -2.08. The average Bonchev–Trinajstić information content (AvgIpc) is 1.99. The first-order valence-corrected chi connectivity index (χ1v) is 8.07. The summed E-state index contributed by atoms with van der Waals surface area (Å²) in [5, 5.41) is 0. The van der Waals surface area contributed by atoms with E-state index >= 15 is 0 Å². The van der Waals surface area contributed by atoms with Crippen molar-refractivity contribution >= 4 is 14.0 Å². The highest BCUT2D eigenvalue weighted by Gasteiger charge is 2.09. The van der Waals surface area contributed by atoms with Gasteiger partial charge in [-0.25, -0.2) is 0 Å². The third kappa shape index (κ3) is 7.60. The van der Waals surface area contributed by atoms with Crippen molar-refractivity contribution in [3.05, 3.63) is 0 Å². The lowest BCUT2D eigenvalue weighted by Crippen LogP contribution is -2.19. The van der Waals surface area contributed by atoms with Gasteiger partial charge in [0.25, 0.3) is 0 Å². The molecule has 1 unspecified atom stereocenters. The quantitative estimate of drug-likeness (QED) is 0.386. The molecular formula is C10H18O2Si. The Kier molecular flexibility index (Phi) is 4.79. The van der Waals surface area contributed by atoms with Crippen LogP contribution in [0.3, 0.4) is 0 Å². The molecule has 3 heteroatoms. The van der Waals surface area contributed by atoms with Gasteiger partial charge in [-0.2, -0.15) is 0 Å². The molecule has 0 heterocycles. The van der Waals surface area contributed by atoms with E-state index in [4.69, 9.17) is 4.74 Å². The molecule has 0 aromatic heterocycles. The van der Waals surface area contributed by atoms with Gasteiger partial charge in [0.15, 0.2) is 6.10 Å². The number of carbonyl (C=O) groups excluding carboxylic acids is 1. The van der Waals surface area contributed by atoms with Crippen LogP contribution in [0.15, 0.2) is 0 Å². The van der Waals surface area contributed by atoms with Gasteiger partial charge >= 0.3 is 5.97 Å². The molecule has 0 aliphatic carbocycles. The Hall–Kier alpha value is -0.753. The van der Waals surface area contributed by atoms with Gasteiger partial charge in [0.05, 0.1) is 0 Å². The third-order valence-corrected chi connectivity index (χ3v) is 2.14. The number of carbonyl (C=O) groups is 1. The van der Waals surface area contributed by atoms with Crippen molar-refractivity contribution in [1.29, 1.82) is 0 Å². The molecule has 0 radical (unpaired) electrons. The van der Waals surface area contributed by atoms with E-state index in [9.17, 15) is 4.79 Å². The van der Waals surface area contributed by atoms with Crippen LogP contribution < -0.4 is 0 Å². The first-order chi connectivity index (χ1) is 5.85. The zero-order valence-corrected chi connectivity index (χ0v) is 10.1. The van der Waals surface area contributed by atoms with Gasteiger partial charge in [-0.1, -0.05) is 32.5 Å². The molecule has 74 valence electrons. The fourth-order valence-electron chi connectivity index (χ4n) is 0.628. The minimum absolute atomic E-state index is 0.183. The van der Waals surface area contributed by atoms with E-state index in [1.54, 1.807) is 13.8 Å². The fourth-order valence-corrected chi connectivity index (χ4v) is 1.26. The highest BCUT2D eigenvalue weighted by molar-refractivity contribution is 6.83. The van der Waals surface area contributed by atoms with Crippen molar-refractivity contribution in [2.45, 2.75) is 46.0 Å². The van der Waals surface area contributed by atoms with Crippen molar-refractivity contribution in [3.63, 3.8) is 0 Å². The van der Waals surface area contributed by atoms with Crippen LogP contribution in [0, 0.1) is 11.5 Å². The van der Waals surface area contributed by atoms with Gasteiger partial charge in [0, 0.05) is 6.42 Å². The topological polar surface area (TPSA) is 26.3 Å². The van der Waals surface area contributed by atoms with E-state index in [-0.39, 0.29) is 12.1 Å². The number of ether oxygens (including phenoxy) is 1. The second-order valence-corrected chi connectivity index (χ2v) is 8.75. The molecule has 2 nitrogen and oxygen atoms in total. The lowest BCUT2D eigenvalue weighted by atomic mass is 10.4. The van der Waals surface area contributed by atoms with Gasteiger partial charge in [-0.15, -0.1) is 5.54 Å². The minimum atomic E-state index is -1.33. The third-order valence-electron chi connectivity index (χ3n) is 1.25. The summed E-state index contributed by atoms with van der Waals surface area (Å²) < 4.78 is 5.00. The normalized spacial score (nSPS) is 12.7. The van der Waals surface area contributed by atoms with Crippen LogP contribution in [0.5, 0.6) is 0 Å². The van der Waals surface area contributed by atoms with E-state index in [1.807, 2.05) is 0 Å². The van der Waals surface area contributed by atoms with Crippen LogP contribution >= 0.6 is 0 Å². The highest BCUT2D eigenvalue weighted by atomic mass is 28.3. The van der Waals surface area contributed by atoms with Crippen molar-refractivity contribution in [2.24, 2.45) is 0 Å². The molecule has 0 aromatic rings. The number of hydrogen-bond donors (Lipinski definition) is 0. The van der Waals surface area contributed by atoms with Crippen molar-refractivity contribution in [3.8, 4) is 11.5 Å². The maximum Gasteiger partial charge on any atom is 0.306 e. The molecule has 0 N–H and O–H groups in total. The molecule has 0 bridgehead atoms. The zero-order valence-electron chi connectivity index (χ0n) is 9.10. The van der Waals surface area contributed by atoms with Crippen molar-refractivity contribution < 1.29 is 9.53 Å². The molecule has 13 heavy (non-hydrogen) atoms. The summed E-state index contributed by atoms with van der Waals surface area (Å²) in [5.41, 5.74) is 3.16.